The van der Waals surface area contributed by atoms with Gasteiger partial charge in [-0.2, -0.15) is 5.10 Å². The minimum Gasteiger partial charge on any atom is -0.262 e. The van der Waals surface area contributed by atoms with Gasteiger partial charge in [0.1, 0.15) is 5.69 Å². The Morgan fingerprint density at radius 1 is 1.69 bits per heavy atom. The van der Waals surface area contributed by atoms with Gasteiger partial charge >= 0.3 is 5.69 Å². The van der Waals surface area contributed by atoms with Gasteiger partial charge in [0.25, 0.3) is 0 Å². The fourth-order valence-electron chi connectivity index (χ4n) is 1.14. The van der Waals surface area contributed by atoms with Crippen molar-refractivity contribution in [2.45, 2.75) is 26.8 Å². The number of halogens is 1. The molecule has 0 saturated carbocycles. The van der Waals surface area contributed by atoms with Crippen LogP contribution in [0.5, 0.6) is 0 Å². The first-order valence-corrected chi connectivity index (χ1v) is 4.74. The summed E-state index contributed by atoms with van der Waals surface area (Å²) in [6.07, 6.45) is 0.909. The highest BCUT2D eigenvalue weighted by molar-refractivity contribution is 9.10. The van der Waals surface area contributed by atoms with E-state index in [1.807, 2.05) is 6.92 Å². The SMILES string of the molecule is CCCn1nc(Br)c([N+](=O)[O-])c1C. The van der Waals surface area contributed by atoms with Crippen LogP contribution in [0, 0.1) is 17.0 Å². The predicted octanol–water partition coefficient (Wildman–Crippen LogP) is 2.27. The zero-order valence-electron chi connectivity index (χ0n) is 7.45. The molecule has 0 aliphatic heterocycles. The summed E-state index contributed by atoms with van der Waals surface area (Å²) in [5.41, 5.74) is 0.659. The third kappa shape index (κ3) is 1.88. The van der Waals surface area contributed by atoms with Crippen molar-refractivity contribution in [2.75, 3.05) is 0 Å². The molecule has 0 aromatic carbocycles. The molecule has 1 aromatic heterocycles. The second kappa shape index (κ2) is 3.87. The Balaban J connectivity index is 3.14. The summed E-state index contributed by atoms with van der Waals surface area (Å²) in [4.78, 5) is 10.2. The van der Waals surface area contributed by atoms with Crippen LogP contribution >= 0.6 is 15.9 Å². The van der Waals surface area contributed by atoms with Gasteiger partial charge in [-0.05, 0) is 29.3 Å². The van der Waals surface area contributed by atoms with Crippen LogP contribution in [0.2, 0.25) is 0 Å². The Hall–Kier alpha value is -0.910. The predicted molar refractivity (Wildman–Crippen MR) is 51.6 cm³/mol. The number of rotatable bonds is 3. The number of nitro groups is 1. The van der Waals surface area contributed by atoms with Gasteiger partial charge < -0.3 is 0 Å². The van der Waals surface area contributed by atoms with Crippen molar-refractivity contribution in [3.05, 3.63) is 20.4 Å². The van der Waals surface area contributed by atoms with Crippen LogP contribution in [0.3, 0.4) is 0 Å². The van der Waals surface area contributed by atoms with Crippen molar-refractivity contribution in [1.82, 2.24) is 9.78 Å². The van der Waals surface area contributed by atoms with Crippen molar-refractivity contribution in [3.8, 4) is 0 Å². The molecule has 0 atom stereocenters. The number of hydrogen-bond donors (Lipinski definition) is 0. The minimum atomic E-state index is -0.418. The molecule has 1 heterocycles. The van der Waals surface area contributed by atoms with E-state index >= 15 is 0 Å². The summed E-state index contributed by atoms with van der Waals surface area (Å²) in [5, 5.41) is 14.6. The second-order valence-electron chi connectivity index (χ2n) is 2.71. The number of nitrogens with zero attached hydrogens (tertiary/aromatic N) is 3. The molecular weight excluding hydrogens is 238 g/mol. The molecule has 1 rings (SSSR count). The summed E-state index contributed by atoms with van der Waals surface area (Å²) >= 11 is 3.06. The topological polar surface area (TPSA) is 61.0 Å². The molecule has 6 heteroatoms. The summed E-state index contributed by atoms with van der Waals surface area (Å²) in [7, 11) is 0. The van der Waals surface area contributed by atoms with Crippen LogP contribution in [0.15, 0.2) is 4.60 Å². The Labute approximate surface area is 84.0 Å². The van der Waals surface area contributed by atoms with Gasteiger partial charge in [-0.3, -0.25) is 14.8 Å². The zero-order chi connectivity index (χ0) is 10.0. The van der Waals surface area contributed by atoms with Crippen LogP contribution in [0.4, 0.5) is 5.69 Å². The molecule has 0 radical (unpaired) electrons. The van der Waals surface area contributed by atoms with Crippen LogP contribution in [-0.4, -0.2) is 14.7 Å². The maximum Gasteiger partial charge on any atom is 0.324 e. The highest BCUT2D eigenvalue weighted by atomic mass is 79.9. The first-order chi connectivity index (χ1) is 6.07. The molecule has 0 aliphatic rings. The molecule has 0 spiro atoms. The van der Waals surface area contributed by atoms with Crippen LogP contribution in [-0.2, 0) is 6.54 Å². The second-order valence-corrected chi connectivity index (χ2v) is 3.46. The van der Waals surface area contributed by atoms with E-state index in [0.717, 1.165) is 6.42 Å². The van der Waals surface area contributed by atoms with E-state index in [1.54, 1.807) is 11.6 Å². The third-order valence-corrected chi connectivity index (χ3v) is 2.29. The molecule has 5 nitrogen and oxygen atoms in total. The normalized spacial score (nSPS) is 10.4. The molecule has 0 bridgehead atoms. The largest absolute Gasteiger partial charge is 0.324 e. The van der Waals surface area contributed by atoms with E-state index in [0.29, 0.717) is 16.8 Å². The van der Waals surface area contributed by atoms with Crippen LogP contribution in [0.25, 0.3) is 0 Å². The van der Waals surface area contributed by atoms with Gasteiger partial charge in [-0.15, -0.1) is 0 Å². The average molecular weight is 248 g/mol. The van der Waals surface area contributed by atoms with Crippen LogP contribution < -0.4 is 0 Å². The van der Waals surface area contributed by atoms with Gasteiger partial charge in [0, 0.05) is 6.54 Å². The standard InChI is InChI=1S/C7H10BrN3O2/c1-3-4-10-5(2)6(11(12)13)7(8)9-10/h3-4H2,1-2H3. The number of aromatic nitrogens is 2. The molecule has 13 heavy (non-hydrogen) atoms. The summed E-state index contributed by atoms with van der Waals surface area (Å²) in [6, 6.07) is 0. The summed E-state index contributed by atoms with van der Waals surface area (Å²) < 4.78 is 1.95. The minimum absolute atomic E-state index is 0.0634. The monoisotopic (exact) mass is 247 g/mol. The molecule has 1 aromatic rings. The lowest BCUT2D eigenvalue weighted by Crippen LogP contribution is -2.01. The van der Waals surface area contributed by atoms with E-state index < -0.39 is 4.92 Å². The highest BCUT2D eigenvalue weighted by Crippen LogP contribution is 2.27. The first kappa shape index (κ1) is 10.2. The van der Waals surface area contributed by atoms with E-state index in [4.69, 9.17) is 0 Å². The highest BCUT2D eigenvalue weighted by Gasteiger charge is 2.22. The zero-order valence-corrected chi connectivity index (χ0v) is 9.04. The molecule has 0 aliphatic carbocycles. The summed E-state index contributed by atoms with van der Waals surface area (Å²) in [5.74, 6) is 0. The molecular formula is C7H10BrN3O2. The molecule has 0 fully saturated rings. The van der Waals surface area contributed by atoms with Gasteiger partial charge in [0.05, 0.1) is 4.92 Å². The molecule has 0 saturated heterocycles. The van der Waals surface area contributed by atoms with Gasteiger partial charge in [0.15, 0.2) is 0 Å². The Morgan fingerprint density at radius 2 is 2.31 bits per heavy atom. The van der Waals surface area contributed by atoms with Gasteiger partial charge in [-0.25, -0.2) is 0 Å². The van der Waals surface area contributed by atoms with Crippen molar-refractivity contribution in [1.29, 1.82) is 0 Å². The van der Waals surface area contributed by atoms with E-state index in [2.05, 4.69) is 21.0 Å². The molecule has 0 N–H and O–H groups in total. The van der Waals surface area contributed by atoms with E-state index in [9.17, 15) is 10.1 Å². The van der Waals surface area contributed by atoms with Crippen molar-refractivity contribution in [3.63, 3.8) is 0 Å². The lowest BCUT2D eigenvalue weighted by Gasteiger charge is -1.98. The molecule has 72 valence electrons. The first-order valence-electron chi connectivity index (χ1n) is 3.95. The third-order valence-electron chi connectivity index (χ3n) is 1.75. The Bertz CT molecular complexity index is 335. The van der Waals surface area contributed by atoms with E-state index in [1.165, 1.54) is 0 Å². The lowest BCUT2D eigenvalue weighted by atomic mass is 10.4. The maximum absolute atomic E-state index is 10.6. The maximum atomic E-state index is 10.6. The Kier molecular flexibility index (Phi) is 3.02. The van der Waals surface area contributed by atoms with E-state index in [-0.39, 0.29) is 5.69 Å². The number of hydrogen-bond acceptors (Lipinski definition) is 3. The Morgan fingerprint density at radius 3 is 2.69 bits per heavy atom. The molecule has 0 unspecified atom stereocenters. The van der Waals surface area contributed by atoms with Crippen molar-refractivity contribution < 1.29 is 4.92 Å². The smallest absolute Gasteiger partial charge is 0.262 e. The molecule has 0 amide bonds. The fourth-order valence-corrected chi connectivity index (χ4v) is 1.76. The van der Waals surface area contributed by atoms with Crippen molar-refractivity contribution >= 4 is 21.6 Å². The quantitative estimate of drug-likeness (QED) is 0.608. The lowest BCUT2D eigenvalue weighted by molar-refractivity contribution is -0.386. The summed E-state index contributed by atoms with van der Waals surface area (Å²) in [6.45, 7) is 4.41. The number of aryl methyl sites for hydroxylation is 1. The van der Waals surface area contributed by atoms with Gasteiger partial charge in [0.2, 0.25) is 4.60 Å². The average Bonchev–Trinajstić information content (AvgIpc) is 2.28. The van der Waals surface area contributed by atoms with Crippen LogP contribution in [0.1, 0.15) is 19.0 Å². The fraction of sp³-hybridized carbons (Fsp3) is 0.571. The van der Waals surface area contributed by atoms with Crippen molar-refractivity contribution in [2.24, 2.45) is 0 Å². The van der Waals surface area contributed by atoms with Gasteiger partial charge in [-0.1, -0.05) is 6.92 Å².